The Bertz CT molecular complexity index is 367. The molecule has 1 atom stereocenters. The highest BCUT2D eigenvalue weighted by molar-refractivity contribution is 5.16. The monoisotopic (exact) mass is 250 g/mol. The maximum atomic E-state index is 13.4. The van der Waals surface area contributed by atoms with Crippen LogP contribution in [-0.2, 0) is 6.54 Å². The van der Waals surface area contributed by atoms with Crippen molar-refractivity contribution < 1.29 is 4.39 Å². The lowest BCUT2D eigenvalue weighted by atomic mass is 10.0. The van der Waals surface area contributed by atoms with Crippen molar-refractivity contribution in [2.75, 3.05) is 20.1 Å². The highest BCUT2D eigenvalue weighted by Crippen LogP contribution is 2.17. The third-order valence-electron chi connectivity index (χ3n) is 3.85. The van der Waals surface area contributed by atoms with E-state index < -0.39 is 0 Å². The SMILES string of the molecule is CN1CCCCC1CCNCc1ccccc1F. The molecule has 1 unspecified atom stereocenters. The summed E-state index contributed by atoms with van der Waals surface area (Å²) in [6.45, 7) is 2.81. The second kappa shape index (κ2) is 6.86. The van der Waals surface area contributed by atoms with E-state index in [1.807, 2.05) is 12.1 Å². The third kappa shape index (κ3) is 3.79. The zero-order valence-electron chi connectivity index (χ0n) is 11.2. The van der Waals surface area contributed by atoms with Crippen LogP contribution < -0.4 is 5.32 Å². The molecule has 0 spiro atoms. The summed E-state index contributed by atoms with van der Waals surface area (Å²) in [7, 11) is 2.21. The van der Waals surface area contributed by atoms with E-state index in [2.05, 4.69) is 17.3 Å². The average Bonchev–Trinajstić information content (AvgIpc) is 2.38. The minimum Gasteiger partial charge on any atom is -0.313 e. The number of nitrogens with one attached hydrogen (secondary N) is 1. The van der Waals surface area contributed by atoms with Crippen molar-refractivity contribution in [3.63, 3.8) is 0 Å². The standard InChI is InChI=1S/C15H23FN2/c1-18-11-5-4-7-14(18)9-10-17-12-13-6-2-3-8-15(13)16/h2-3,6,8,14,17H,4-5,7,9-12H2,1H3. The zero-order chi connectivity index (χ0) is 12.8. The van der Waals surface area contributed by atoms with E-state index in [1.165, 1.54) is 31.9 Å². The number of rotatable bonds is 5. The maximum absolute atomic E-state index is 13.4. The smallest absolute Gasteiger partial charge is 0.127 e. The van der Waals surface area contributed by atoms with E-state index in [9.17, 15) is 4.39 Å². The van der Waals surface area contributed by atoms with Gasteiger partial charge in [0.2, 0.25) is 0 Å². The van der Waals surface area contributed by atoms with Crippen molar-refractivity contribution in [3.05, 3.63) is 35.6 Å². The molecule has 0 aliphatic carbocycles. The number of hydrogen-bond donors (Lipinski definition) is 1. The molecule has 1 aromatic carbocycles. The van der Waals surface area contributed by atoms with Crippen molar-refractivity contribution in [3.8, 4) is 0 Å². The summed E-state index contributed by atoms with van der Waals surface area (Å²) >= 11 is 0. The van der Waals surface area contributed by atoms with Crippen molar-refractivity contribution in [2.24, 2.45) is 0 Å². The molecule has 18 heavy (non-hydrogen) atoms. The van der Waals surface area contributed by atoms with Gasteiger partial charge in [0.05, 0.1) is 0 Å². The van der Waals surface area contributed by atoms with Gasteiger partial charge in [-0.1, -0.05) is 24.6 Å². The van der Waals surface area contributed by atoms with Crippen molar-refractivity contribution in [1.82, 2.24) is 10.2 Å². The number of benzene rings is 1. The number of nitrogens with zero attached hydrogens (tertiary/aromatic N) is 1. The first-order valence-electron chi connectivity index (χ1n) is 6.92. The number of likely N-dealkylation sites (tertiary alicyclic amines) is 1. The van der Waals surface area contributed by atoms with Gasteiger partial charge in [0, 0.05) is 18.2 Å². The van der Waals surface area contributed by atoms with Crippen molar-refractivity contribution in [2.45, 2.75) is 38.3 Å². The van der Waals surface area contributed by atoms with Crippen LogP contribution in [-0.4, -0.2) is 31.1 Å². The molecule has 0 saturated carbocycles. The van der Waals surface area contributed by atoms with Crippen LogP contribution in [0.5, 0.6) is 0 Å². The van der Waals surface area contributed by atoms with Gasteiger partial charge >= 0.3 is 0 Å². The largest absolute Gasteiger partial charge is 0.313 e. The lowest BCUT2D eigenvalue weighted by Crippen LogP contribution is -2.38. The fourth-order valence-electron chi connectivity index (χ4n) is 2.64. The van der Waals surface area contributed by atoms with Crippen LogP contribution in [0.2, 0.25) is 0 Å². The molecule has 0 radical (unpaired) electrons. The van der Waals surface area contributed by atoms with Gasteiger partial charge in [-0.15, -0.1) is 0 Å². The summed E-state index contributed by atoms with van der Waals surface area (Å²) in [5.74, 6) is -0.111. The first-order valence-corrected chi connectivity index (χ1v) is 6.92. The van der Waals surface area contributed by atoms with Gasteiger partial charge in [0.1, 0.15) is 5.82 Å². The van der Waals surface area contributed by atoms with E-state index in [0.29, 0.717) is 12.6 Å². The second-order valence-electron chi connectivity index (χ2n) is 5.19. The molecule has 1 heterocycles. The molecule has 0 aromatic heterocycles. The lowest BCUT2D eigenvalue weighted by molar-refractivity contribution is 0.175. The summed E-state index contributed by atoms with van der Waals surface area (Å²) in [5.41, 5.74) is 0.759. The summed E-state index contributed by atoms with van der Waals surface area (Å²) in [4.78, 5) is 2.45. The van der Waals surface area contributed by atoms with E-state index in [1.54, 1.807) is 6.07 Å². The molecule has 1 saturated heterocycles. The van der Waals surface area contributed by atoms with E-state index >= 15 is 0 Å². The zero-order valence-corrected chi connectivity index (χ0v) is 11.2. The number of halogens is 1. The predicted octanol–water partition coefficient (Wildman–Crippen LogP) is 2.79. The Balaban J connectivity index is 1.68. The molecule has 1 aromatic rings. The molecule has 1 N–H and O–H groups in total. The molecule has 0 bridgehead atoms. The van der Waals surface area contributed by atoms with Crippen LogP contribution in [0.1, 0.15) is 31.2 Å². The first-order chi connectivity index (χ1) is 8.77. The van der Waals surface area contributed by atoms with Crippen LogP contribution in [0.3, 0.4) is 0 Å². The number of hydrogen-bond acceptors (Lipinski definition) is 2. The van der Waals surface area contributed by atoms with Crippen molar-refractivity contribution >= 4 is 0 Å². The molecule has 3 heteroatoms. The van der Waals surface area contributed by atoms with E-state index in [-0.39, 0.29) is 5.82 Å². The van der Waals surface area contributed by atoms with Gasteiger partial charge in [-0.2, -0.15) is 0 Å². The first kappa shape index (κ1) is 13.5. The molecule has 2 nitrogen and oxygen atoms in total. The second-order valence-corrected chi connectivity index (χ2v) is 5.19. The quantitative estimate of drug-likeness (QED) is 0.808. The minimum absolute atomic E-state index is 0.111. The van der Waals surface area contributed by atoms with Crippen LogP contribution in [0.4, 0.5) is 4.39 Å². The minimum atomic E-state index is -0.111. The summed E-state index contributed by atoms with van der Waals surface area (Å²) in [5, 5.41) is 3.34. The highest BCUT2D eigenvalue weighted by Gasteiger charge is 2.17. The highest BCUT2D eigenvalue weighted by atomic mass is 19.1. The van der Waals surface area contributed by atoms with Gasteiger partial charge in [0.25, 0.3) is 0 Å². The summed E-state index contributed by atoms with van der Waals surface area (Å²) < 4.78 is 13.4. The maximum Gasteiger partial charge on any atom is 0.127 e. The Morgan fingerprint density at radius 3 is 2.94 bits per heavy atom. The van der Waals surface area contributed by atoms with Crippen LogP contribution in [0.15, 0.2) is 24.3 Å². The molecule has 100 valence electrons. The average molecular weight is 250 g/mol. The molecule has 0 amide bonds. The van der Waals surface area contributed by atoms with Crippen LogP contribution >= 0.6 is 0 Å². The Morgan fingerprint density at radius 1 is 1.33 bits per heavy atom. The van der Waals surface area contributed by atoms with Gasteiger partial charge in [-0.25, -0.2) is 4.39 Å². The van der Waals surface area contributed by atoms with Crippen LogP contribution in [0, 0.1) is 5.82 Å². The molecule has 1 aliphatic heterocycles. The van der Waals surface area contributed by atoms with Gasteiger partial charge in [0.15, 0.2) is 0 Å². The topological polar surface area (TPSA) is 15.3 Å². The number of piperidine rings is 1. The lowest BCUT2D eigenvalue weighted by Gasteiger charge is -2.32. The third-order valence-corrected chi connectivity index (χ3v) is 3.85. The fraction of sp³-hybridized carbons (Fsp3) is 0.600. The van der Waals surface area contributed by atoms with Gasteiger partial charge in [-0.05, 0) is 45.5 Å². The summed E-state index contributed by atoms with van der Waals surface area (Å²) in [6, 6.07) is 7.68. The van der Waals surface area contributed by atoms with Crippen molar-refractivity contribution in [1.29, 1.82) is 0 Å². The molecular weight excluding hydrogens is 227 g/mol. The molecule has 1 aliphatic rings. The Labute approximate surface area is 109 Å². The van der Waals surface area contributed by atoms with E-state index in [0.717, 1.165) is 18.5 Å². The normalized spacial score (nSPS) is 21.1. The molecule has 1 fully saturated rings. The van der Waals surface area contributed by atoms with Gasteiger partial charge in [-0.3, -0.25) is 0 Å². The Kier molecular flexibility index (Phi) is 5.14. The molecular formula is C15H23FN2. The fourth-order valence-corrected chi connectivity index (χ4v) is 2.64. The van der Waals surface area contributed by atoms with E-state index in [4.69, 9.17) is 0 Å². The summed E-state index contributed by atoms with van der Waals surface area (Å²) in [6.07, 6.45) is 5.14. The Morgan fingerprint density at radius 2 is 2.17 bits per heavy atom. The predicted molar refractivity (Wildman–Crippen MR) is 73.0 cm³/mol. The molecule has 2 rings (SSSR count). The van der Waals surface area contributed by atoms with Gasteiger partial charge < -0.3 is 10.2 Å². The Hall–Kier alpha value is -0.930. The van der Waals surface area contributed by atoms with Crippen LogP contribution in [0.25, 0.3) is 0 Å².